The molecule has 0 bridgehead atoms. The largest absolute Gasteiger partial charge is 0.369 e. The van der Waals surface area contributed by atoms with E-state index in [1.165, 1.54) is 0 Å². The molecule has 0 unspecified atom stereocenters. The predicted octanol–water partition coefficient (Wildman–Crippen LogP) is 1.50. The van der Waals surface area contributed by atoms with E-state index in [-0.39, 0.29) is 0 Å². The van der Waals surface area contributed by atoms with Crippen molar-refractivity contribution >= 4 is 33.0 Å². The zero-order valence-electron chi connectivity index (χ0n) is 9.00. The smallest absolute Gasteiger partial charge is 0.207 e. The number of aryl methyl sites for hydroxylation is 1. The van der Waals surface area contributed by atoms with Gasteiger partial charge in [0.15, 0.2) is 5.65 Å². The van der Waals surface area contributed by atoms with Crippen molar-refractivity contribution in [3.05, 3.63) is 29.1 Å². The van der Waals surface area contributed by atoms with E-state index in [0.29, 0.717) is 5.95 Å². The lowest BCUT2D eigenvalue weighted by Gasteiger charge is -2.00. The SMILES string of the molecule is Cn1cc(-n2c(N)nc3cc(Br)cnc32)cn1. The number of hydrogen-bond donors (Lipinski definition) is 1. The summed E-state index contributed by atoms with van der Waals surface area (Å²) in [5, 5.41) is 4.11. The van der Waals surface area contributed by atoms with Crippen LogP contribution in [-0.4, -0.2) is 24.3 Å². The number of fused-ring (bicyclic) bond motifs is 1. The van der Waals surface area contributed by atoms with E-state index in [4.69, 9.17) is 5.73 Å². The first-order valence-corrected chi connectivity index (χ1v) is 5.73. The minimum Gasteiger partial charge on any atom is -0.369 e. The van der Waals surface area contributed by atoms with Gasteiger partial charge in [-0.15, -0.1) is 0 Å². The minimum atomic E-state index is 0.401. The van der Waals surface area contributed by atoms with Crippen molar-refractivity contribution in [1.82, 2.24) is 24.3 Å². The van der Waals surface area contributed by atoms with E-state index in [1.807, 2.05) is 19.3 Å². The van der Waals surface area contributed by atoms with Crippen LogP contribution in [0.25, 0.3) is 16.9 Å². The van der Waals surface area contributed by atoms with Gasteiger partial charge in [0, 0.05) is 23.9 Å². The van der Waals surface area contributed by atoms with Crippen LogP contribution in [0.2, 0.25) is 0 Å². The van der Waals surface area contributed by atoms with Crippen LogP contribution in [-0.2, 0) is 7.05 Å². The summed E-state index contributed by atoms with van der Waals surface area (Å²) in [5.74, 6) is 0.401. The van der Waals surface area contributed by atoms with Gasteiger partial charge in [-0.3, -0.25) is 9.25 Å². The first kappa shape index (κ1) is 10.3. The van der Waals surface area contributed by atoms with Crippen molar-refractivity contribution < 1.29 is 0 Å². The summed E-state index contributed by atoms with van der Waals surface area (Å²) >= 11 is 3.36. The van der Waals surface area contributed by atoms with Crippen molar-refractivity contribution in [3.63, 3.8) is 0 Å². The highest BCUT2D eigenvalue weighted by molar-refractivity contribution is 9.10. The van der Waals surface area contributed by atoms with E-state index in [2.05, 4.69) is 31.0 Å². The Labute approximate surface area is 105 Å². The van der Waals surface area contributed by atoms with Crippen molar-refractivity contribution in [2.75, 3.05) is 5.73 Å². The van der Waals surface area contributed by atoms with Crippen LogP contribution in [0.4, 0.5) is 5.95 Å². The summed E-state index contributed by atoms with van der Waals surface area (Å²) in [6, 6.07) is 1.88. The number of halogens is 1. The Morgan fingerprint density at radius 1 is 1.35 bits per heavy atom. The Balaban J connectivity index is 2.32. The number of nitrogen functional groups attached to an aromatic ring is 1. The lowest BCUT2D eigenvalue weighted by Crippen LogP contribution is -2.00. The van der Waals surface area contributed by atoms with Gasteiger partial charge in [0.05, 0.1) is 11.9 Å². The second-order valence-electron chi connectivity index (χ2n) is 3.67. The molecule has 3 rings (SSSR count). The molecule has 6 nitrogen and oxygen atoms in total. The Morgan fingerprint density at radius 3 is 2.88 bits per heavy atom. The number of aromatic nitrogens is 5. The van der Waals surface area contributed by atoms with Crippen LogP contribution in [0, 0.1) is 0 Å². The second-order valence-corrected chi connectivity index (χ2v) is 4.59. The van der Waals surface area contributed by atoms with Gasteiger partial charge < -0.3 is 5.73 Å². The Morgan fingerprint density at radius 2 is 2.18 bits per heavy atom. The summed E-state index contributed by atoms with van der Waals surface area (Å²) in [6.45, 7) is 0. The molecule has 0 fully saturated rings. The summed E-state index contributed by atoms with van der Waals surface area (Å²) in [6.07, 6.45) is 5.30. The van der Waals surface area contributed by atoms with Crippen molar-refractivity contribution in [3.8, 4) is 5.69 Å². The van der Waals surface area contributed by atoms with Gasteiger partial charge in [-0.25, -0.2) is 9.97 Å². The van der Waals surface area contributed by atoms with Gasteiger partial charge in [0.25, 0.3) is 0 Å². The molecule has 7 heteroatoms. The topological polar surface area (TPSA) is 74.5 Å². The number of nitrogens with zero attached hydrogens (tertiary/aromatic N) is 5. The second kappa shape index (κ2) is 3.56. The molecule has 0 aliphatic heterocycles. The molecule has 0 aromatic carbocycles. The monoisotopic (exact) mass is 292 g/mol. The molecular weight excluding hydrogens is 284 g/mol. The number of rotatable bonds is 1. The van der Waals surface area contributed by atoms with Gasteiger partial charge in [0.1, 0.15) is 5.52 Å². The third kappa shape index (κ3) is 1.59. The summed E-state index contributed by atoms with van der Waals surface area (Å²) < 4.78 is 4.36. The Hall–Kier alpha value is -1.89. The zero-order valence-corrected chi connectivity index (χ0v) is 10.6. The molecule has 0 aliphatic rings. The zero-order chi connectivity index (χ0) is 12.0. The summed E-state index contributed by atoms with van der Waals surface area (Å²) in [7, 11) is 1.85. The van der Waals surface area contributed by atoms with Crippen LogP contribution in [0.3, 0.4) is 0 Å². The van der Waals surface area contributed by atoms with E-state index < -0.39 is 0 Å². The van der Waals surface area contributed by atoms with Gasteiger partial charge in [-0.05, 0) is 22.0 Å². The Kier molecular flexibility index (Phi) is 2.15. The number of pyridine rings is 1. The molecule has 86 valence electrons. The highest BCUT2D eigenvalue weighted by Crippen LogP contribution is 2.23. The fraction of sp³-hybridized carbons (Fsp3) is 0.100. The maximum Gasteiger partial charge on any atom is 0.207 e. The average Bonchev–Trinajstić information content (AvgIpc) is 2.80. The maximum atomic E-state index is 5.90. The van der Waals surface area contributed by atoms with Gasteiger partial charge >= 0.3 is 0 Å². The highest BCUT2D eigenvalue weighted by atomic mass is 79.9. The fourth-order valence-electron chi connectivity index (χ4n) is 1.74. The highest BCUT2D eigenvalue weighted by Gasteiger charge is 2.12. The van der Waals surface area contributed by atoms with Crippen LogP contribution in [0.15, 0.2) is 29.1 Å². The Bertz CT molecular complexity index is 698. The molecule has 17 heavy (non-hydrogen) atoms. The lowest BCUT2D eigenvalue weighted by molar-refractivity contribution is 0.767. The first-order chi connectivity index (χ1) is 8.15. The summed E-state index contributed by atoms with van der Waals surface area (Å²) in [5.41, 5.74) is 8.23. The van der Waals surface area contributed by atoms with Gasteiger partial charge in [-0.2, -0.15) is 5.10 Å². The van der Waals surface area contributed by atoms with Gasteiger partial charge in [-0.1, -0.05) is 0 Å². The molecule has 0 atom stereocenters. The van der Waals surface area contributed by atoms with Crippen molar-refractivity contribution in [2.24, 2.45) is 7.05 Å². The van der Waals surface area contributed by atoms with Gasteiger partial charge in [0.2, 0.25) is 5.95 Å². The fourth-order valence-corrected chi connectivity index (χ4v) is 2.06. The van der Waals surface area contributed by atoms with Crippen LogP contribution in [0.5, 0.6) is 0 Å². The van der Waals surface area contributed by atoms with E-state index in [1.54, 1.807) is 21.6 Å². The molecule has 0 amide bonds. The third-order valence-corrected chi connectivity index (χ3v) is 2.87. The average molecular weight is 293 g/mol. The lowest BCUT2D eigenvalue weighted by atomic mass is 10.4. The summed E-state index contributed by atoms with van der Waals surface area (Å²) in [4.78, 5) is 8.59. The molecule has 3 aromatic rings. The van der Waals surface area contributed by atoms with Crippen LogP contribution >= 0.6 is 15.9 Å². The van der Waals surface area contributed by atoms with E-state index in [0.717, 1.165) is 21.3 Å². The van der Waals surface area contributed by atoms with Crippen molar-refractivity contribution in [1.29, 1.82) is 0 Å². The standard InChI is InChI=1S/C10H9BrN6/c1-16-5-7(4-14-16)17-9-8(15-10(17)12)2-6(11)3-13-9/h2-5H,1H3,(H2,12,15). The molecule has 0 radical (unpaired) electrons. The van der Waals surface area contributed by atoms with Crippen LogP contribution < -0.4 is 5.73 Å². The molecular formula is C10H9BrN6. The number of anilines is 1. The number of imidazole rings is 1. The van der Waals surface area contributed by atoms with E-state index >= 15 is 0 Å². The molecule has 0 saturated carbocycles. The molecule has 2 N–H and O–H groups in total. The normalized spacial score (nSPS) is 11.2. The molecule has 3 heterocycles. The quantitative estimate of drug-likeness (QED) is 0.737. The maximum absolute atomic E-state index is 5.90. The number of hydrogen-bond acceptors (Lipinski definition) is 4. The van der Waals surface area contributed by atoms with Crippen LogP contribution in [0.1, 0.15) is 0 Å². The van der Waals surface area contributed by atoms with E-state index in [9.17, 15) is 0 Å². The third-order valence-electron chi connectivity index (χ3n) is 2.44. The molecule has 3 aromatic heterocycles. The molecule has 0 saturated heterocycles. The van der Waals surface area contributed by atoms with Crippen molar-refractivity contribution in [2.45, 2.75) is 0 Å². The minimum absolute atomic E-state index is 0.401. The molecule has 0 spiro atoms. The number of nitrogens with two attached hydrogens (primary N) is 1. The first-order valence-electron chi connectivity index (χ1n) is 4.93. The predicted molar refractivity (Wildman–Crippen MR) is 67.7 cm³/mol. The molecule has 0 aliphatic carbocycles.